The predicted molar refractivity (Wildman–Crippen MR) is 194 cm³/mol. The molecule has 0 aliphatic heterocycles. The molecule has 0 radical (unpaired) electrons. The van der Waals surface area contributed by atoms with Crippen LogP contribution < -0.4 is 18.9 Å². The average Bonchev–Trinajstić information content (AvgIpc) is 3.08. The third-order valence-corrected chi connectivity index (χ3v) is 7.61. The van der Waals surface area contributed by atoms with Gasteiger partial charge < -0.3 is 18.9 Å². The molecule has 0 fully saturated rings. The lowest BCUT2D eigenvalue weighted by Gasteiger charge is -2.19. The van der Waals surface area contributed by atoms with Gasteiger partial charge >= 0.3 is 23.9 Å². The van der Waals surface area contributed by atoms with Crippen molar-refractivity contribution in [2.24, 2.45) is 0 Å². The Hall–Kier alpha value is -6.54. The van der Waals surface area contributed by atoms with Crippen molar-refractivity contribution in [1.82, 2.24) is 0 Å². The van der Waals surface area contributed by atoms with Gasteiger partial charge in [-0.05, 0) is 78.9 Å². The van der Waals surface area contributed by atoms with Crippen LogP contribution in [0.25, 0.3) is 43.8 Å². The molecule has 8 nitrogen and oxygen atoms in total. The number of hydrogen-bond acceptors (Lipinski definition) is 8. The Bertz CT molecular complexity index is 2290. The molecule has 5 rings (SSSR count). The van der Waals surface area contributed by atoms with Crippen LogP contribution in [0.15, 0.2) is 134 Å². The molecule has 0 N–H and O–H groups in total. The van der Waals surface area contributed by atoms with Crippen LogP contribution in [0.3, 0.4) is 0 Å². The van der Waals surface area contributed by atoms with E-state index in [1.807, 2.05) is 54.6 Å². The van der Waals surface area contributed by atoms with Crippen molar-refractivity contribution < 1.29 is 38.1 Å². The van der Waals surface area contributed by atoms with Crippen LogP contribution >= 0.6 is 0 Å². The van der Waals surface area contributed by atoms with Crippen molar-refractivity contribution in [3.63, 3.8) is 0 Å². The normalized spacial score (nSPS) is 10.6. The van der Waals surface area contributed by atoms with Gasteiger partial charge in [0.15, 0.2) is 17.2 Å². The van der Waals surface area contributed by atoms with Crippen molar-refractivity contribution in [1.29, 1.82) is 0 Å². The number of fused-ring (bicyclic) bond motifs is 2. The fourth-order valence-electron chi connectivity index (χ4n) is 5.08. The van der Waals surface area contributed by atoms with Crippen molar-refractivity contribution >= 4 is 45.4 Å². The summed E-state index contributed by atoms with van der Waals surface area (Å²) in [6.07, 6.45) is 0. The van der Waals surface area contributed by atoms with E-state index in [4.69, 9.17) is 18.9 Å². The van der Waals surface area contributed by atoms with Crippen LogP contribution in [0, 0.1) is 0 Å². The number of esters is 4. The fraction of sp³-hybridized carbons (Fsp3) is 0.0952. The zero-order valence-corrected chi connectivity index (χ0v) is 28.2. The van der Waals surface area contributed by atoms with E-state index in [0.717, 1.165) is 22.1 Å². The van der Waals surface area contributed by atoms with Gasteiger partial charge in [0.25, 0.3) is 0 Å². The highest BCUT2D eigenvalue weighted by Gasteiger charge is 2.23. The number of ether oxygens (including phenoxy) is 4. The maximum absolute atomic E-state index is 12.9. The quantitative estimate of drug-likeness (QED) is 0.0629. The first kappa shape index (κ1) is 34.8. The summed E-state index contributed by atoms with van der Waals surface area (Å²) in [4.78, 5) is 50.3. The minimum absolute atomic E-state index is 0.0444. The topological polar surface area (TPSA) is 105 Å². The van der Waals surface area contributed by atoms with Gasteiger partial charge in [0.05, 0.1) is 5.39 Å². The zero-order chi connectivity index (χ0) is 36.3. The Morgan fingerprint density at radius 3 is 1.48 bits per heavy atom. The number of benzene rings is 5. The lowest BCUT2D eigenvalue weighted by Crippen LogP contribution is -2.12. The SMILES string of the molecule is C=C(C)C(=O)Oc1ccc(-c2ccc(-c3c4ccccc4c(OC(=O)C(=C)C)c4c(OC(=O)C(=C)C)cccc34)cc2)cc1OC(=O)C(=C)C. The van der Waals surface area contributed by atoms with Crippen molar-refractivity contribution in [3.05, 3.63) is 134 Å². The van der Waals surface area contributed by atoms with Crippen LogP contribution in [0.5, 0.6) is 23.0 Å². The highest BCUT2D eigenvalue weighted by atomic mass is 16.6. The summed E-state index contributed by atoms with van der Waals surface area (Å²) >= 11 is 0. The summed E-state index contributed by atoms with van der Waals surface area (Å²) in [7, 11) is 0. The summed E-state index contributed by atoms with van der Waals surface area (Å²) in [5.41, 5.74) is 3.86. The maximum atomic E-state index is 12.9. The van der Waals surface area contributed by atoms with Gasteiger partial charge in [0.2, 0.25) is 0 Å². The first-order valence-electron chi connectivity index (χ1n) is 15.5. The molecule has 0 aliphatic carbocycles. The van der Waals surface area contributed by atoms with Crippen LogP contribution in [-0.4, -0.2) is 23.9 Å². The van der Waals surface area contributed by atoms with Crippen LogP contribution in [-0.2, 0) is 19.2 Å². The molecule has 0 bridgehead atoms. The minimum Gasteiger partial charge on any atom is -0.422 e. The second-order valence-electron chi connectivity index (χ2n) is 11.8. The highest BCUT2D eigenvalue weighted by molar-refractivity contribution is 6.19. The van der Waals surface area contributed by atoms with Crippen molar-refractivity contribution in [2.45, 2.75) is 27.7 Å². The van der Waals surface area contributed by atoms with Gasteiger partial charge in [-0.3, -0.25) is 0 Å². The first-order chi connectivity index (χ1) is 23.8. The van der Waals surface area contributed by atoms with Crippen LogP contribution in [0.2, 0.25) is 0 Å². The number of carbonyl (C=O) groups excluding carboxylic acids is 4. The third-order valence-electron chi connectivity index (χ3n) is 7.61. The van der Waals surface area contributed by atoms with E-state index >= 15 is 0 Å². The Labute approximate surface area is 289 Å². The smallest absolute Gasteiger partial charge is 0.338 e. The van der Waals surface area contributed by atoms with Crippen LogP contribution in [0.4, 0.5) is 0 Å². The average molecular weight is 667 g/mol. The number of hydrogen-bond donors (Lipinski definition) is 0. The van der Waals surface area contributed by atoms with Gasteiger partial charge in [0.1, 0.15) is 5.75 Å². The van der Waals surface area contributed by atoms with E-state index in [0.29, 0.717) is 21.7 Å². The molecule has 0 saturated heterocycles. The van der Waals surface area contributed by atoms with Crippen molar-refractivity contribution in [3.8, 4) is 45.3 Å². The van der Waals surface area contributed by atoms with Gasteiger partial charge in [-0.25, -0.2) is 19.2 Å². The largest absolute Gasteiger partial charge is 0.422 e. The molecule has 0 unspecified atom stereocenters. The Morgan fingerprint density at radius 1 is 0.440 bits per heavy atom. The second-order valence-corrected chi connectivity index (χ2v) is 11.8. The third kappa shape index (κ3) is 7.15. The molecule has 0 atom stereocenters. The molecule has 0 amide bonds. The first-order valence-corrected chi connectivity index (χ1v) is 15.5. The zero-order valence-electron chi connectivity index (χ0n) is 28.2. The van der Waals surface area contributed by atoms with Crippen LogP contribution in [0.1, 0.15) is 27.7 Å². The molecule has 50 heavy (non-hydrogen) atoms. The van der Waals surface area contributed by atoms with E-state index < -0.39 is 23.9 Å². The molecule has 0 spiro atoms. The molecule has 8 heteroatoms. The predicted octanol–water partition coefficient (Wildman–Crippen LogP) is 9.25. The fourth-order valence-corrected chi connectivity index (χ4v) is 5.08. The van der Waals surface area contributed by atoms with E-state index in [1.54, 1.807) is 44.2 Å². The number of carbonyl (C=O) groups is 4. The highest BCUT2D eigenvalue weighted by Crippen LogP contribution is 2.47. The van der Waals surface area contributed by atoms with Gasteiger partial charge in [-0.2, -0.15) is 0 Å². The van der Waals surface area contributed by atoms with E-state index in [-0.39, 0.29) is 45.3 Å². The maximum Gasteiger partial charge on any atom is 0.338 e. The minimum atomic E-state index is -0.672. The molecule has 5 aromatic rings. The summed E-state index contributed by atoms with van der Waals surface area (Å²) in [5.74, 6) is -2.04. The summed E-state index contributed by atoms with van der Waals surface area (Å²) in [6.45, 7) is 20.8. The lowest BCUT2D eigenvalue weighted by atomic mass is 9.90. The molecule has 0 saturated carbocycles. The molecular weight excluding hydrogens is 632 g/mol. The molecule has 0 heterocycles. The lowest BCUT2D eigenvalue weighted by molar-refractivity contribution is -0.132. The van der Waals surface area contributed by atoms with Gasteiger partial charge in [-0.15, -0.1) is 0 Å². The summed E-state index contributed by atoms with van der Waals surface area (Å²) < 4.78 is 22.6. The monoisotopic (exact) mass is 666 g/mol. The summed E-state index contributed by atoms with van der Waals surface area (Å²) in [5, 5.41) is 2.51. The van der Waals surface area contributed by atoms with Gasteiger partial charge in [0, 0.05) is 27.7 Å². The molecule has 0 aliphatic rings. The number of rotatable bonds is 10. The standard InChI is InChI=1S/C42H34O8/c1-23(2)39(43)47-33-21-20-29(22-35(33)49-41(45)25(5)6)27-16-18-28(19-17-27)36-30-12-9-10-13-31(30)38(50-42(46)26(7)8)37-32(36)14-11-15-34(37)48-40(44)24(3)4/h9-22H,1,3,5,7H2,2,4,6,8H3. The Morgan fingerprint density at radius 2 is 0.900 bits per heavy atom. The molecule has 5 aromatic carbocycles. The van der Waals surface area contributed by atoms with Crippen molar-refractivity contribution in [2.75, 3.05) is 0 Å². The summed E-state index contributed by atoms with van der Waals surface area (Å²) in [6, 6.07) is 25.3. The molecule has 250 valence electrons. The van der Waals surface area contributed by atoms with E-state index in [2.05, 4.69) is 26.3 Å². The second kappa shape index (κ2) is 14.3. The molecular formula is C42H34O8. The Balaban J connectivity index is 1.68. The Kier molecular flexibility index (Phi) is 9.94. The van der Waals surface area contributed by atoms with Gasteiger partial charge in [-0.1, -0.05) is 93.0 Å². The van der Waals surface area contributed by atoms with E-state index in [9.17, 15) is 19.2 Å². The molecule has 0 aromatic heterocycles. The van der Waals surface area contributed by atoms with E-state index in [1.165, 1.54) is 13.8 Å².